The van der Waals surface area contributed by atoms with Crippen LogP contribution in [0.25, 0.3) is 0 Å². The maximum absolute atomic E-state index is 2.42. The van der Waals surface area contributed by atoms with E-state index in [0.29, 0.717) is 10.9 Å². The third-order valence-corrected chi connectivity index (χ3v) is 6.31. The predicted molar refractivity (Wildman–Crippen MR) is 99.0 cm³/mol. The zero-order valence-corrected chi connectivity index (χ0v) is 17.5. The van der Waals surface area contributed by atoms with Crippen molar-refractivity contribution in [2.24, 2.45) is 0 Å². The maximum Gasteiger partial charge on any atom is 0.107 e. The standard InChI is InChI=1S/C19H41S.BrH/c1-4-6-7-8-9-10-11-12-13-14-15-16-17-18-19-20(3)5-2;/h4-19H2,1-3H3;1H/q+1;/p-1. The van der Waals surface area contributed by atoms with Crippen molar-refractivity contribution in [2.75, 3.05) is 17.8 Å². The summed E-state index contributed by atoms with van der Waals surface area (Å²) in [5.41, 5.74) is 0. The lowest BCUT2D eigenvalue weighted by Gasteiger charge is -2.03. The van der Waals surface area contributed by atoms with Crippen LogP contribution in [0, 0.1) is 0 Å². The molecule has 0 heterocycles. The highest BCUT2D eigenvalue weighted by atomic mass is 79.9. The molecule has 0 aromatic rings. The molecule has 2 heteroatoms. The van der Waals surface area contributed by atoms with Crippen molar-refractivity contribution in [1.29, 1.82) is 0 Å². The predicted octanol–water partition coefficient (Wildman–Crippen LogP) is 3.74. The Labute approximate surface area is 149 Å². The zero-order chi connectivity index (χ0) is 14.9. The largest absolute Gasteiger partial charge is 1.00 e. The van der Waals surface area contributed by atoms with Crippen molar-refractivity contribution in [3.05, 3.63) is 0 Å². The fraction of sp³-hybridized carbons (Fsp3) is 1.00. The van der Waals surface area contributed by atoms with Crippen molar-refractivity contribution >= 4 is 10.9 Å². The molecule has 0 radical (unpaired) electrons. The van der Waals surface area contributed by atoms with Crippen LogP contribution in [0.5, 0.6) is 0 Å². The van der Waals surface area contributed by atoms with Gasteiger partial charge in [-0.05, 0) is 30.7 Å². The Morgan fingerprint density at radius 1 is 0.524 bits per heavy atom. The van der Waals surface area contributed by atoms with Crippen molar-refractivity contribution in [3.63, 3.8) is 0 Å². The van der Waals surface area contributed by atoms with Gasteiger partial charge in [-0.15, -0.1) is 0 Å². The molecule has 0 spiro atoms. The summed E-state index contributed by atoms with van der Waals surface area (Å²) in [5, 5.41) is 0. The van der Waals surface area contributed by atoms with Crippen molar-refractivity contribution in [1.82, 2.24) is 0 Å². The Kier molecular flexibility index (Phi) is 23.9. The van der Waals surface area contributed by atoms with Gasteiger partial charge in [0.2, 0.25) is 0 Å². The van der Waals surface area contributed by atoms with Crippen molar-refractivity contribution in [3.8, 4) is 0 Å². The van der Waals surface area contributed by atoms with Gasteiger partial charge in [0.05, 0.1) is 6.26 Å². The van der Waals surface area contributed by atoms with Crippen LogP contribution < -0.4 is 17.0 Å². The first-order valence-electron chi connectivity index (χ1n) is 9.40. The molecule has 21 heavy (non-hydrogen) atoms. The fourth-order valence-corrected chi connectivity index (χ4v) is 3.67. The molecule has 0 saturated carbocycles. The second kappa shape index (κ2) is 20.8. The summed E-state index contributed by atoms with van der Waals surface area (Å²) in [7, 11) is 0.707. The third kappa shape index (κ3) is 20.8. The molecule has 1 atom stereocenters. The van der Waals surface area contributed by atoms with E-state index in [-0.39, 0.29) is 17.0 Å². The molecule has 0 rings (SSSR count). The van der Waals surface area contributed by atoms with Crippen LogP contribution in [0.3, 0.4) is 0 Å². The summed E-state index contributed by atoms with van der Waals surface area (Å²) < 4.78 is 0. The maximum atomic E-state index is 2.42. The second-order valence-corrected chi connectivity index (χ2v) is 8.92. The van der Waals surface area contributed by atoms with Gasteiger partial charge < -0.3 is 17.0 Å². The summed E-state index contributed by atoms with van der Waals surface area (Å²) >= 11 is 0. The van der Waals surface area contributed by atoms with E-state index in [1.165, 1.54) is 101 Å². The van der Waals surface area contributed by atoms with E-state index in [9.17, 15) is 0 Å². The van der Waals surface area contributed by atoms with Gasteiger partial charge in [-0.25, -0.2) is 0 Å². The van der Waals surface area contributed by atoms with Crippen LogP contribution in [0.15, 0.2) is 0 Å². The lowest BCUT2D eigenvalue weighted by atomic mass is 10.0. The molecule has 0 amide bonds. The Morgan fingerprint density at radius 3 is 1.19 bits per heavy atom. The molecule has 0 aromatic carbocycles. The summed E-state index contributed by atoms with van der Waals surface area (Å²) in [6, 6.07) is 0. The quantitative estimate of drug-likeness (QED) is 0.282. The highest BCUT2D eigenvalue weighted by molar-refractivity contribution is 7.96. The topological polar surface area (TPSA) is 0 Å². The van der Waals surface area contributed by atoms with E-state index in [2.05, 4.69) is 20.1 Å². The van der Waals surface area contributed by atoms with E-state index in [1.807, 2.05) is 0 Å². The first kappa shape index (κ1) is 24.1. The van der Waals surface area contributed by atoms with Gasteiger partial charge in [0.1, 0.15) is 11.5 Å². The molecule has 0 aliphatic rings. The molecule has 130 valence electrons. The molecule has 1 unspecified atom stereocenters. The molecule has 0 N–H and O–H groups in total. The number of unbranched alkanes of at least 4 members (excludes halogenated alkanes) is 13. The van der Waals surface area contributed by atoms with E-state index < -0.39 is 0 Å². The van der Waals surface area contributed by atoms with Gasteiger partial charge >= 0.3 is 0 Å². The smallest absolute Gasteiger partial charge is 0.107 e. The molecule has 0 aliphatic carbocycles. The van der Waals surface area contributed by atoms with Crippen LogP contribution >= 0.6 is 0 Å². The molecule has 0 saturated heterocycles. The Morgan fingerprint density at radius 2 is 0.857 bits per heavy atom. The number of hydrogen-bond acceptors (Lipinski definition) is 0. The van der Waals surface area contributed by atoms with Crippen molar-refractivity contribution in [2.45, 2.75) is 104 Å². The third-order valence-electron chi connectivity index (χ3n) is 4.34. The summed E-state index contributed by atoms with van der Waals surface area (Å²) in [5.74, 6) is 2.87. The van der Waals surface area contributed by atoms with E-state index >= 15 is 0 Å². The lowest BCUT2D eigenvalue weighted by Crippen LogP contribution is -3.00. The Hall–Kier alpha value is 0.830. The molecular weight excluding hydrogens is 340 g/mol. The van der Waals surface area contributed by atoms with Gasteiger partial charge in [-0.2, -0.15) is 0 Å². The average molecular weight is 382 g/mol. The first-order chi connectivity index (χ1) is 9.81. The number of halogens is 1. The average Bonchev–Trinajstić information content (AvgIpc) is 2.47. The highest BCUT2D eigenvalue weighted by Gasteiger charge is 2.05. The van der Waals surface area contributed by atoms with Gasteiger partial charge in [-0.3, -0.25) is 0 Å². The van der Waals surface area contributed by atoms with Gasteiger partial charge in [0, 0.05) is 0 Å². The zero-order valence-electron chi connectivity index (χ0n) is 15.1. The minimum absolute atomic E-state index is 0. The van der Waals surface area contributed by atoms with Gasteiger partial charge in [0.15, 0.2) is 0 Å². The van der Waals surface area contributed by atoms with Gasteiger partial charge in [0.25, 0.3) is 0 Å². The SMILES string of the molecule is CCCCCCCCCCCCCCCC[S+](C)CC.[Br-]. The second-order valence-electron chi connectivity index (χ2n) is 6.37. The molecule has 0 aliphatic heterocycles. The monoisotopic (exact) mass is 380 g/mol. The minimum atomic E-state index is 0. The number of rotatable bonds is 16. The Balaban J connectivity index is 0. The molecule has 0 fully saturated rings. The summed E-state index contributed by atoms with van der Waals surface area (Å²) in [4.78, 5) is 0. The summed E-state index contributed by atoms with van der Waals surface area (Å²) in [6.07, 6.45) is 23.0. The fourth-order valence-electron chi connectivity index (χ4n) is 2.69. The minimum Gasteiger partial charge on any atom is -1.00 e. The van der Waals surface area contributed by atoms with Crippen molar-refractivity contribution < 1.29 is 17.0 Å². The van der Waals surface area contributed by atoms with Crippen LogP contribution in [0.2, 0.25) is 0 Å². The molecule has 0 bridgehead atoms. The number of hydrogen-bond donors (Lipinski definition) is 0. The Bertz CT molecular complexity index is 173. The molecular formula is C19H41BrS. The molecule has 0 aromatic heterocycles. The van der Waals surface area contributed by atoms with E-state index in [1.54, 1.807) is 0 Å². The normalized spacial score (nSPS) is 12.1. The first-order valence-corrected chi connectivity index (χ1v) is 11.4. The van der Waals surface area contributed by atoms with Crippen LogP contribution in [0.1, 0.15) is 104 Å². The van der Waals surface area contributed by atoms with Crippen LogP contribution in [-0.2, 0) is 10.9 Å². The molecule has 0 nitrogen and oxygen atoms in total. The van der Waals surface area contributed by atoms with Crippen LogP contribution in [-0.4, -0.2) is 17.8 Å². The van der Waals surface area contributed by atoms with E-state index in [0.717, 1.165) is 0 Å². The summed E-state index contributed by atoms with van der Waals surface area (Å²) in [6.45, 7) is 4.62. The lowest BCUT2D eigenvalue weighted by molar-refractivity contribution is -0.00000458. The van der Waals surface area contributed by atoms with E-state index in [4.69, 9.17) is 0 Å². The van der Waals surface area contributed by atoms with Gasteiger partial charge in [-0.1, -0.05) is 84.0 Å². The highest BCUT2D eigenvalue weighted by Crippen LogP contribution is 2.13. The van der Waals surface area contributed by atoms with Crippen LogP contribution in [0.4, 0.5) is 0 Å².